The van der Waals surface area contributed by atoms with Gasteiger partial charge in [0.15, 0.2) is 0 Å². The summed E-state index contributed by atoms with van der Waals surface area (Å²) < 4.78 is 0. The molecule has 104 valence electrons. The highest BCUT2D eigenvalue weighted by atomic mass is 15.1. The molecule has 2 heterocycles. The molecule has 3 atom stereocenters. The van der Waals surface area contributed by atoms with Crippen LogP contribution >= 0.6 is 0 Å². The van der Waals surface area contributed by atoms with Gasteiger partial charge in [-0.1, -0.05) is 31.2 Å². The van der Waals surface area contributed by atoms with Crippen molar-refractivity contribution in [1.82, 2.24) is 10.2 Å². The fraction of sp³-hybridized carbons (Fsp3) is 0.647. The lowest BCUT2D eigenvalue weighted by atomic mass is 9.89. The summed E-state index contributed by atoms with van der Waals surface area (Å²) in [6.45, 7) is 5.97. The van der Waals surface area contributed by atoms with Crippen LogP contribution in [0.3, 0.4) is 0 Å². The fourth-order valence-electron chi connectivity index (χ4n) is 3.52. The molecule has 2 saturated heterocycles. The minimum atomic E-state index is 0.579. The largest absolute Gasteiger partial charge is 0.310 e. The van der Waals surface area contributed by atoms with Crippen molar-refractivity contribution in [3.63, 3.8) is 0 Å². The molecule has 0 spiro atoms. The predicted octanol–water partition coefficient (Wildman–Crippen LogP) is 3.17. The molecule has 1 aromatic rings. The van der Waals surface area contributed by atoms with Crippen molar-refractivity contribution in [3.8, 4) is 0 Å². The Morgan fingerprint density at radius 3 is 2.68 bits per heavy atom. The van der Waals surface area contributed by atoms with Gasteiger partial charge in [0.1, 0.15) is 0 Å². The lowest BCUT2D eigenvalue weighted by molar-refractivity contribution is 0.333. The zero-order chi connectivity index (χ0) is 13.2. The molecule has 2 aliphatic heterocycles. The van der Waals surface area contributed by atoms with Crippen LogP contribution in [-0.2, 0) is 0 Å². The number of hydrogen-bond donors (Lipinski definition) is 1. The predicted molar refractivity (Wildman–Crippen MR) is 80.4 cm³/mol. The van der Waals surface area contributed by atoms with Crippen molar-refractivity contribution in [2.75, 3.05) is 26.7 Å². The van der Waals surface area contributed by atoms with Gasteiger partial charge in [0.05, 0.1) is 0 Å². The average molecular weight is 258 g/mol. The van der Waals surface area contributed by atoms with Gasteiger partial charge >= 0.3 is 0 Å². The first-order valence-corrected chi connectivity index (χ1v) is 7.74. The minimum Gasteiger partial charge on any atom is -0.310 e. The highest BCUT2D eigenvalue weighted by molar-refractivity contribution is 5.29. The van der Waals surface area contributed by atoms with Crippen LogP contribution in [0.5, 0.6) is 0 Å². The summed E-state index contributed by atoms with van der Waals surface area (Å²) in [4.78, 5) is 2.44. The number of hydrogen-bond acceptors (Lipinski definition) is 2. The van der Waals surface area contributed by atoms with Gasteiger partial charge < -0.3 is 10.2 Å². The number of benzene rings is 1. The normalized spacial score (nSPS) is 32.6. The monoisotopic (exact) mass is 258 g/mol. The fourth-order valence-corrected chi connectivity index (χ4v) is 3.52. The molecule has 0 aliphatic carbocycles. The van der Waals surface area contributed by atoms with Gasteiger partial charge in [0, 0.05) is 12.6 Å². The van der Waals surface area contributed by atoms with Crippen molar-refractivity contribution < 1.29 is 0 Å². The Bertz CT molecular complexity index is 421. The Labute approximate surface area is 117 Å². The molecule has 2 fully saturated rings. The summed E-state index contributed by atoms with van der Waals surface area (Å²) in [6.07, 6.45) is 3.96. The van der Waals surface area contributed by atoms with Gasteiger partial charge in [-0.25, -0.2) is 0 Å². The number of rotatable bonds is 2. The highest BCUT2D eigenvalue weighted by Crippen LogP contribution is 2.30. The second-order valence-electron chi connectivity index (χ2n) is 6.56. The summed E-state index contributed by atoms with van der Waals surface area (Å²) in [5, 5.41) is 3.70. The van der Waals surface area contributed by atoms with Crippen LogP contribution in [-0.4, -0.2) is 31.6 Å². The summed E-state index contributed by atoms with van der Waals surface area (Å²) in [6, 6.07) is 9.91. The third-order valence-electron chi connectivity index (χ3n) is 4.84. The molecule has 0 amide bonds. The Hall–Kier alpha value is -0.860. The molecular weight excluding hydrogens is 232 g/mol. The summed E-state index contributed by atoms with van der Waals surface area (Å²) in [5.41, 5.74) is 3.04. The number of nitrogens with zero attached hydrogens (tertiary/aromatic N) is 1. The van der Waals surface area contributed by atoms with E-state index in [0.29, 0.717) is 6.04 Å². The van der Waals surface area contributed by atoms with Gasteiger partial charge in [-0.15, -0.1) is 0 Å². The van der Waals surface area contributed by atoms with Gasteiger partial charge in [-0.3, -0.25) is 0 Å². The number of likely N-dealkylation sites (tertiary alicyclic amines) is 1. The third kappa shape index (κ3) is 3.01. The second kappa shape index (κ2) is 5.64. The molecule has 3 rings (SSSR count). The molecule has 0 aromatic heterocycles. The first-order chi connectivity index (χ1) is 9.22. The smallest absolute Gasteiger partial charge is 0.0320 e. The molecule has 0 saturated carbocycles. The first-order valence-electron chi connectivity index (χ1n) is 7.74. The molecule has 19 heavy (non-hydrogen) atoms. The maximum atomic E-state index is 3.70. The van der Waals surface area contributed by atoms with Crippen molar-refractivity contribution in [1.29, 1.82) is 0 Å². The number of nitrogens with one attached hydrogen (secondary N) is 1. The molecular formula is C17H26N2. The first kappa shape index (κ1) is 13.1. The Morgan fingerprint density at radius 1 is 1.16 bits per heavy atom. The van der Waals surface area contributed by atoms with Crippen LogP contribution in [0.1, 0.15) is 49.3 Å². The molecule has 2 nitrogen and oxygen atoms in total. The maximum Gasteiger partial charge on any atom is 0.0320 e. The Kier molecular flexibility index (Phi) is 3.90. The Morgan fingerprint density at radius 2 is 2.00 bits per heavy atom. The lowest BCUT2D eigenvalue weighted by Gasteiger charge is -2.28. The quantitative estimate of drug-likeness (QED) is 0.876. The molecule has 2 heteroatoms. The average Bonchev–Trinajstić information content (AvgIpc) is 2.86. The summed E-state index contributed by atoms with van der Waals surface area (Å²) in [7, 11) is 2.23. The van der Waals surface area contributed by atoms with Crippen LogP contribution in [0.25, 0.3) is 0 Å². The molecule has 1 N–H and O–H groups in total. The van der Waals surface area contributed by atoms with Crippen LogP contribution in [0.2, 0.25) is 0 Å². The second-order valence-corrected chi connectivity index (χ2v) is 6.56. The van der Waals surface area contributed by atoms with Crippen molar-refractivity contribution in [3.05, 3.63) is 35.4 Å². The van der Waals surface area contributed by atoms with Crippen LogP contribution < -0.4 is 5.32 Å². The highest BCUT2D eigenvalue weighted by Gasteiger charge is 2.23. The van der Waals surface area contributed by atoms with E-state index in [1.807, 2.05) is 0 Å². The molecule has 0 bridgehead atoms. The number of likely N-dealkylation sites (N-methyl/N-ethyl adjacent to an activating group) is 1. The van der Waals surface area contributed by atoms with E-state index in [0.717, 1.165) is 11.8 Å². The summed E-state index contributed by atoms with van der Waals surface area (Å²) in [5.74, 6) is 1.58. The van der Waals surface area contributed by atoms with E-state index in [1.54, 1.807) is 5.56 Å². The Balaban J connectivity index is 1.72. The summed E-state index contributed by atoms with van der Waals surface area (Å²) >= 11 is 0. The van der Waals surface area contributed by atoms with Crippen molar-refractivity contribution >= 4 is 0 Å². The van der Waals surface area contributed by atoms with E-state index in [9.17, 15) is 0 Å². The van der Waals surface area contributed by atoms with E-state index in [1.165, 1.54) is 44.5 Å². The van der Waals surface area contributed by atoms with Gasteiger partial charge in [-0.2, -0.15) is 0 Å². The van der Waals surface area contributed by atoms with E-state index in [2.05, 4.69) is 48.5 Å². The topological polar surface area (TPSA) is 15.3 Å². The van der Waals surface area contributed by atoms with Gasteiger partial charge in [0.25, 0.3) is 0 Å². The molecule has 0 radical (unpaired) electrons. The SMILES string of the molecule is C[C@H]1CC[C@H](c2cccc(C3CCN(C)C3)c2)NC1. The van der Waals surface area contributed by atoms with Crippen LogP contribution in [0.4, 0.5) is 0 Å². The van der Waals surface area contributed by atoms with Crippen LogP contribution in [0.15, 0.2) is 24.3 Å². The van der Waals surface area contributed by atoms with Crippen LogP contribution in [0, 0.1) is 5.92 Å². The third-order valence-corrected chi connectivity index (χ3v) is 4.84. The van der Waals surface area contributed by atoms with Gasteiger partial charge in [-0.05, 0) is 62.4 Å². The van der Waals surface area contributed by atoms with Crippen molar-refractivity contribution in [2.24, 2.45) is 5.92 Å². The standard InChI is InChI=1S/C17H26N2/c1-13-6-7-17(18-11-13)15-5-3-4-14(10-15)16-8-9-19(2)12-16/h3-5,10,13,16-18H,6-9,11-12H2,1-2H3/t13-,16?,17+/m0/s1. The maximum absolute atomic E-state index is 3.70. The lowest BCUT2D eigenvalue weighted by Crippen LogP contribution is -2.31. The van der Waals surface area contributed by atoms with E-state index < -0.39 is 0 Å². The van der Waals surface area contributed by atoms with E-state index in [4.69, 9.17) is 0 Å². The van der Waals surface area contributed by atoms with Crippen molar-refractivity contribution in [2.45, 2.75) is 38.1 Å². The molecule has 2 aliphatic rings. The zero-order valence-electron chi connectivity index (χ0n) is 12.2. The van der Waals surface area contributed by atoms with E-state index >= 15 is 0 Å². The zero-order valence-corrected chi connectivity index (χ0v) is 12.2. The van der Waals surface area contributed by atoms with E-state index in [-0.39, 0.29) is 0 Å². The number of piperidine rings is 1. The van der Waals surface area contributed by atoms with Gasteiger partial charge in [0.2, 0.25) is 0 Å². The molecule has 1 aromatic carbocycles. The molecule has 1 unspecified atom stereocenters. The minimum absolute atomic E-state index is 0.579.